The highest BCUT2D eigenvalue weighted by molar-refractivity contribution is 5.49. The molecule has 2 heterocycles. The van der Waals surface area contributed by atoms with Crippen LogP contribution >= 0.6 is 0 Å². The van der Waals surface area contributed by atoms with Crippen LogP contribution < -0.4 is 10.2 Å². The fourth-order valence-corrected chi connectivity index (χ4v) is 2.44. The van der Waals surface area contributed by atoms with Gasteiger partial charge in [0.15, 0.2) is 0 Å². The number of pyridine rings is 1. The van der Waals surface area contributed by atoms with Crippen LogP contribution in [0.1, 0.15) is 20.8 Å². The zero-order valence-electron chi connectivity index (χ0n) is 13.0. The molecule has 1 aromatic heterocycles. The van der Waals surface area contributed by atoms with Gasteiger partial charge in [0.25, 0.3) is 0 Å². The Kier molecular flexibility index (Phi) is 4.50. The second kappa shape index (κ2) is 5.97. The average molecular weight is 279 g/mol. The molecule has 20 heavy (non-hydrogen) atoms. The number of methoxy groups -OCH3 is 2. The Labute approximate surface area is 121 Å². The number of hydrogen-bond donors (Lipinski definition) is 1. The molecule has 1 aliphatic heterocycles. The Morgan fingerprint density at radius 2 is 1.75 bits per heavy atom. The molecule has 0 radical (unpaired) electrons. The van der Waals surface area contributed by atoms with Crippen LogP contribution in [-0.2, 0) is 9.47 Å². The number of nitrogens with zero attached hydrogens (tertiary/aromatic N) is 2. The van der Waals surface area contributed by atoms with Crippen molar-refractivity contribution < 1.29 is 9.47 Å². The molecule has 0 spiro atoms. The lowest BCUT2D eigenvalue weighted by Gasteiger charge is -2.23. The van der Waals surface area contributed by atoms with Gasteiger partial charge in [-0.05, 0) is 32.9 Å². The second-order valence-corrected chi connectivity index (χ2v) is 6.21. The van der Waals surface area contributed by atoms with Crippen LogP contribution in [0.4, 0.5) is 11.6 Å². The Bertz CT molecular complexity index is 433. The summed E-state index contributed by atoms with van der Waals surface area (Å²) in [7, 11) is 3.45. The largest absolute Gasteiger partial charge is 0.377 e. The smallest absolute Gasteiger partial charge is 0.131 e. The number of rotatable bonds is 4. The third-order valence-electron chi connectivity index (χ3n) is 3.38. The maximum absolute atomic E-state index is 5.47. The number of ether oxygens (including phenoxy) is 2. The highest BCUT2D eigenvalue weighted by Gasteiger charge is 2.33. The van der Waals surface area contributed by atoms with Gasteiger partial charge in [0, 0.05) is 32.8 Å². The monoisotopic (exact) mass is 279 g/mol. The predicted octanol–water partition coefficient (Wildman–Crippen LogP) is 2.14. The molecule has 1 aliphatic rings. The summed E-state index contributed by atoms with van der Waals surface area (Å²) in [6.07, 6.45) is 0.196. The summed E-state index contributed by atoms with van der Waals surface area (Å²) in [6.45, 7) is 7.99. The van der Waals surface area contributed by atoms with Crippen LogP contribution in [0.15, 0.2) is 18.2 Å². The van der Waals surface area contributed by atoms with Crippen molar-refractivity contribution in [3.63, 3.8) is 0 Å². The van der Waals surface area contributed by atoms with E-state index < -0.39 is 0 Å². The highest BCUT2D eigenvalue weighted by Crippen LogP contribution is 2.23. The summed E-state index contributed by atoms with van der Waals surface area (Å²) in [5.74, 6) is 1.85. The summed E-state index contributed by atoms with van der Waals surface area (Å²) < 4.78 is 10.9. The van der Waals surface area contributed by atoms with Crippen molar-refractivity contribution in [3.8, 4) is 0 Å². The summed E-state index contributed by atoms with van der Waals surface area (Å²) >= 11 is 0. The van der Waals surface area contributed by atoms with Crippen LogP contribution in [0.2, 0.25) is 0 Å². The van der Waals surface area contributed by atoms with Gasteiger partial charge in [0.1, 0.15) is 23.8 Å². The predicted molar refractivity (Wildman–Crippen MR) is 81.4 cm³/mol. The highest BCUT2D eigenvalue weighted by atomic mass is 16.5. The molecular formula is C15H25N3O2. The van der Waals surface area contributed by atoms with Crippen LogP contribution in [0.25, 0.3) is 0 Å². The van der Waals surface area contributed by atoms with Crippen molar-refractivity contribution in [2.45, 2.75) is 38.5 Å². The molecule has 0 saturated carbocycles. The van der Waals surface area contributed by atoms with Gasteiger partial charge in [-0.1, -0.05) is 6.07 Å². The Hall–Kier alpha value is -1.33. The summed E-state index contributed by atoms with van der Waals surface area (Å²) in [5, 5.41) is 3.40. The van der Waals surface area contributed by atoms with Gasteiger partial charge in [-0.25, -0.2) is 4.98 Å². The van der Waals surface area contributed by atoms with E-state index in [4.69, 9.17) is 9.47 Å². The molecule has 1 aromatic rings. The molecule has 2 atom stereocenters. The standard InChI is InChI=1S/C15H25N3O2/c1-15(2,3)17-13-7-6-8-14(16-13)18-9-11(19-4)12(10-18)20-5/h6-8,11-12H,9-10H2,1-5H3,(H,16,17). The van der Waals surface area contributed by atoms with Gasteiger partial charge in [-0.15, -0.1) is 0 Å². The Morgan fingerprint density at radius 1 is 1.15 bits per heavy atom. The van der Waals surface area contributed by atoms with Gasteiger partial charge >= 0.3 is 0 Å². The van der Waals surface area contributed by atoms with E-state index in [2.05, 4.69) is 36.0 Å². The molecule has 0 aromatic carbocycles. The van der Waals surface area contributed by atoms with E-state index in [1.807, 2.05) is 18.2 Å². The molecule has 0 bridgehead atoms. The van der Waals surface area contributed by atoms with Crippen molar-refractivity contribution in [2.24, 2.45) is 0 Å². The van der Waals surface area contributed by atoms with E-state index in [1.54, 1.807) is 14.2 Å². The minimum absolute atomic E-state index is 0.000757. The third kappa shape index (κ3) is 3.61. The molecule has 0 aliphatic carbocycles. The second-order valence-electron chi connectivity index (χ2n) is 6.21. The van der Waals surface area contributed by atoms with Gasteiger partial charge in [-0.3, -0.25) is 0 Å². The quantitative estimate of drug-likeness (QED) is 0.915. The molecule has 2 unspecified atom stereocenters. The van der Waals surface area contributed by atoms with Gasteiger partial charge in [-0.2, -0.15) is 0 Å². The summed E-state index contributed by atoms with van der Waals surface area (Å²) in [6, 6.07) is 6.05. The first-order chi connectivity index (χ1) is 9.43. The van der Waals surface area contributed by atoms with Gasteiger partial charge in [0.05, 0.1) is 0 Å². The molecule has 2 rings (SSSR count). The van der Waals surface area contributed by atoms with Crippen LogP contribution in [0.5, 0.6) is 0 Å². The average Bonchev–Trinajstić information content (AvgIpc) is 2.80. The molecule has 112 valence electrons. The molecule has 5 heteroatoms. The molecule has 5 nitrogen and oxygen atoms in total. The summed E-state index contributed by atoms with van der Waals surface area (Å²) in [4.78, 5) is 6.89. The van der Waals surface area contributed by atoms with E-state index >= 15 is 0 Å². The van der Waals surface area contributed by atoms with Gasteiger partial charge in [0.2, 0.25) is 0 Å². The number of nitrogens with one attached hydrogen (secondary N) is 1. The first kappa shape index (κ1) is 15.1. The molecule has 0 amide bonds. The zero-order valence-corrected chi connectivity index (χ0v) is 13.0. The normalized spacial score (nSPS) is 23.1. The third-order valence-corrected chi connectivity index (χ3v) is 3.38. The van der Waals surface area contributed by atoms with Crippen LogP contribution in [-0.4, -0.2) is 50.0 Å². The fraction of sp³-hybridized carbons (Fsp3) is 0.667. The van der Waals surface area contributed by atoms with Crippen molar-refractivity contribution >= 4 is 11.6 Å². The lowest BCUT2D eigenvalue weighted by molar-refractivity contribution is -0.00461. The topological polar surface area (TPSA) is 46.6 Å². The first-order valence-corrected chi connectivity index (χ1v) is 6.99. The summed E-state index contributed by atoms with van der Waals surface area (Å²) in [5.41, 5.74) is 0.000757. The Balaban J connectivity index is 2.12. The Morgan fingerprint density at radius 3 is 2.25 bits per heavy atom. The number of aromatic nitrogens is 1. The molecule has 1 fully saturated rings. The number of anilines is 2. The van der Waals surface area contributed by atoms with Gasteiger partial charge < -0.3 is 19.7 Å². The van der Waals surface area contributed by atoms with E-state index in [-0.39, 0.29) is 17.7 Å². The maximum atomic E-state index is 5.47. The molecular weight excluding hydrogens is 254 g/mol. The lowest BCUT2D eigenvalue weighted by Crippen LogP contribution is -2.28. The van der Waals surface area contributed by atoms with Crippen molar-refractivity contribution in [1.82, 2.24) is 4.98 Å². The number of hydrogen-bond acceptors (Lipinski definition) is 5. The van der Waals surface area contributed by atoms with Crippen LogP contribution in [0.3, 0.4) is 0 Å². The van der Waals surface area contributed by atoms with E-state index in [0.29, 0.717) is 0 Å². The maximum Gasteiger partial charge on any atom is 0.131 e. The van der Waals surface area contributed by atoms with E-state index in [0.717, 1.165) is 24.7 Å². The van der Waals surface area contributed by atoms with Crippen molar-refractivity contribution in [1.29, 1.82) is 0 Å². The lowest BCUT2D eigenvalue weighted by atomic mass is 10.1. The van der Waals surface area contributed by atoms with Crippen molar-refractivity contribution in [3.05, 3.63) is 18.2 Å². The van der Waals surface area contributed by atoms with Crippen LogP contribution in [0, 0.1) is 0 Å². The SMILES string of the molecule is COC1CN(c2cccc(NC(C)(C)C)n2)CC1OC. The fourth-order valence-electron chi connectivity index (χ4n) is 2.44. The van der Waals surface area contributed by atoms with Crippen molar-refractivity contribution in [2.75, 3.05) is 37.5 Å². The van der Waals surface area contributed by atoms with E-state index in [1.165, 1.54) is 0 Å². The molecule has 1 N–H and O–H groups in total. The molecule has 1 saturated heterocycles. The first-order valence-electron chi connectivity index (χ1n) is 6.99. The minimum atomic E-state index is 0.000757. The van der Waals surface area contributed by atoms with E-state index in [9.17, 15) is 0 Å². The minimum Gasteiger partial charge on any atom is -0.377 e. The zero-order chi connectivity index (χ0) is 14.8.